The molecule has 1 heterocycles. The number of hydrogen-bond acceptors (Lipinski definition) is 3. The molecule has 0 radical (unpaired) electrons. The van der Waals surface area contributed by atoms with Gasteiger partial charge in [-0.2, -0.15) is 5.10 Å². The Labute approximate surface area is 165 Å². The van der Waals surface area contributed by atoms with Crippen molar-refractivity contribution < 1.29 is 4.79 Å². The van der Waals surface area contributed by atoms with Crippen LogP contribution in [-0.4, -0.2) is 17.7 Å². The number of hydrazone groups is 1. The molecular weight excluding hydrogens is 358 g/mol. The zero-order valence-corrected chi connectivity index (χ0v) is 16.0. The molecule has 1 amide bonds. The minimum absolute atomic E-state index is 0.0134. The zero-order valence-electron chi connectivity index (χ0n) is 15.3. The average Bonchev–Trinajstić information content (AvgIpc) is 3.16. The SMILES string of the molecule is O=C(NC1CCCCC1)C1=NN(c2ccc(Cl)cc2)C(c2ccccc2)C1. The fourth-order valence-corrected chi connectivity index (χ4v) is 4.06. The number of hydrogen-bond donors (Lipinski definition) is 1. The Bertz CT molecular complexity index is 813. The van der Waals surface area contributed by atoms with E-state index in [9.17, 15) is 4.79 Å². The molecule has 1 aliphatic heterocycles. The summed E-state index contributed by atoms with van der Waals surface area (Å²) in [7, 11) is 0. The van der Waals surface area contributed by atoms with E-state index in [1.54, 1.807) is 0 Å². The van der Waals surface area contributed by atoms with E-state index in [4.69, 9.17) is 16.7 Å². The first-order valence-corrected chi connectivity index (χ1v) is 10.1. The number of carbonyl (C=O) groups excluding carboxylic acids is 1. The van der Waals surface area contributed by atoms with Gasteiger partial charge in [-0.1, -0.05) is 61.2 Å². The van der Waals surface area contributed by atoms with Crippen molar-refractivity contribution in [2.24, 2.45) is 5.10 Å². The molecule has 140 valence electrons. The Hall–Kier alpha value is -2.33. The van der Waals surface area contributed by atoms with Crippen molar-refractivity contribution in [2.75, 3.05) is 5.01 Å². The van der Waals surface area contributed by atoms with Crippen LogP contribution in [0.25, 0.3) is 0 Å². The summed E-state index contributed by atoms with van der Waals surface area (Å²) in [6, 6.07) is 18.1. The van der Waals surface area contributed by atoms with Gasteiger partial charge in [-0.15, -0.1) is 0 Å². The summed E-state index contributed by atoms with van der Waals surface area (Å²) in [4.78, 5) is 12.8. The maximum Gasteiger partial charge on any atom is 0.267 e. The molecule has 5 heteroatoms. The van der Waals surface area contributed by atoms with Gasteiger partial charge in [0.15, 0.2) is 0 Å². The fraction of sp³-hybridized carbons (Fsp3) is 0.364. The maximum atomic E-state index is 12.8. The van der Waals surface area contributed by atoms with E-state index in [1.165, 1.54) is 19.3 Å². The van der Waals surface area contributed by atoms with Crippen LogP contribution in [0.5, 0.6) is 0 Å². The standard InChI is InChI=1S/C22H24ClN3O/c23-17-11-13-19(14-12-17)26-21(16-7-3-1-4-8-16)15-20(25-26)22(27)24-18-9-5-2-6-10-18/h1,3-4,7-8,11-14,18,21H,2,5-6,9-10,15H2,(H,24,27). The van der Waals surface area contributed by atoms with Crippen molar-refractivity contribution in [2.45, 2.75) is 50.6 Å². The summed E-state index contributed by atoms with van der Waals surface area (Å²) in [6.07, 6.45) is 6.41. The molecular formula is C22H24ClN3O. The third-order valence-corrected chi connectivity index (χ3v) is 5.64. The largest absolute Gasteiger partial charge is 0.348 e. The number of nitrogens with one attached hydrogen (secondary N) is 1. The van der Waals surface area contributed by atoms with Crippen molar-refractivity contribution in [3.05, 3.63) is 65.2 Å². The van der Waals surface area contributed by atoms with Crippen LogP contribution < -0.4 is 10.3 Å². The Balaban J connectivity index is 1.58. The number of anilines is 1. The van der Waals surface area contributed by atoms with E-state index in [1.807, 2.05) is 47.5 Å². The third-order valence-electron chi connectivity index (χ3n) is 5.39. The second kappa shape index (κ2) is 8.13. The molecule has 4 rings (SSSR count). The van der Waals surface area contributed by atoms with Gasteiger partial charge in [-0.05, 0) is 42.7 Å². The second-order valence-corrected chi connectivity index (χ2v) is 7.74. The van der Waals surface area contributed by atoms with Gasteiger partial charge in [0.1, 0.15) is 5.71 Å². The topological polar surface area (TPSA) is 44.7 Å². The maximum absolute atomic E-state index is 12.8. The normalized spacial score (nSPS) is 20.4. The Morgan fingerprint density at radius 1 is 1.00 bits per heavy atom. The van der Waals surface area contributed by atoms with Crippen molar-refractivity contribution in [1.29, 1.82) is 0 Å². The van der Waals surface area contributed by atoms with Crippen LogP contribution in [0.15, 0.2) is 59.7 Å². The van der Waals surface area contributed by atoms with Gasteiger partial charge >= 0.3 is 0 Å². The van der Waals surface area contributed by atoms with Crippen LogP contribution >= 0.6 is 11.6 Å². The zero-order chi connectivity index (χ0) is 18.6. The summed E-state index contributed by atoms with van der Waals surface area (Å²) < 4.78 is 0. The molecule has 1 saturated carbocycles. The molecule has 0 bridgehead atoms. The molecule has 2 aromatic rings. The van der Waals surface area contributed by atoms with Crippen LogP contribution in [-0.2, 0) is 4.79 Å². The van der Waals surface area contributed by atoms with Crippen LogP contribution in [0, 0.1) is 0 Å². The van der Waals surface area contributed by atoms with E-state index >= 15 is 0 Å². The lowest BCUT2D eigenvalue weighted by Crippen LogP contribution is -2.39. The molecule has 27 heavy (non-hydrogen) atoms. The molecule has 0 aromatic heterocycles. The van der Waals surface area contributed by atoms with Crippen LogP contribution in [0.2, 0.25) is 5.02 Å². The van der Waals surface area contributed by atoms with Gasteiger partial charge in [0.25, 0.3) is 5.91 Å². The second-order valence-electron chi connectivity index (χ2n) is 7.31. The number of nitrogens with zero attached hydrogens (tertiary/aromatic N) is 2. The summed E-state index contributed by atoms with van der Waals surface area (Å²) in [5.41, 5.74) is 2.69. The lowest BCUT2D eigenvalue weighted by molar-refractivity contribution is -0.115. The van der Waals surface area contributed by atoms with Gasteiger partial charge in [0.05, 0.1) is 11.7 Å². The van der Waals surface area contributed by atoms with Crippen LogP contribution in [0.3, 0.4) is 0 Å². The highest BCUT2D eigenvalue weighted by Crippen LogP contribution is 2.35. The highest BCUT2D eigenvalue weighted by Gasteiger charge is 2.33. The van der Waals surface area contributed by atoms with Gasteiger partial charge in [-0.25, -0.2) is 0 Å². The summed E-state index contributed by atoms with van der Waals surface area (Å²) in [5, 5.41) is 10.5. The first-order valence-electron chi connectivity index (χ1n) is 9.69. The molecule has 0 saturated heterocycles. The smallest absolute Gasteiger partial charge is 0.267 e. The van der Waals surface area contributed by atoms with Crippen LogP contribution in [0.1, 0.15) is 50.1 Å². The van der Waals surface area contributed by atoms with Crippen molar-refractivity contribution >= 4 is 28.9 Å². The highest BCUT2D eigenvalue weighted by molar-refractivity contribution is 6.39. The van der Waals surface area contributed by atoms with E-state index < -0.39 is 0 Å². The predicted octanol–water partition coefficient (Wildman–Crippen LogP) is 5.10. The molecule has 1 aliphatic carbocycles. The minimum Gasteiger partial charge on any atom is -0.348 e. The van der Waals surface area contributed by atoms with Gasteiger partial charge in [0, 0.05) is 17.5 Å². The number of benzene rings is 2. The molecule has 1 atom stereocenters. The molecule has 0 spiro atoms. The van der Waals surface area contributed by atoms with Crippen molar-refractivity contribution in [3.8, 4) is 0 Å². The van der Waals surface area contributed by atoms with Gasteiger partial charge in [-0.3, -0.25) is 9.80 Å². The Morgan fingerprint density at radius 2 is 1.70 bits per heavy atom. The molecule has 4 nitrogen and oxygen atoms in total. The molecule has 2 aromatic carbocycles. The molecule has 1 unspecified atom stereocenters. The minimum atomic E-state index is -0.0284. The van der Waals surface area contributed by atoms with E-state index in [0.717, 1.165) is 24.1 Å². The van der Waals surface area contributed by atoms with Gasteiger partial charge in [0.2, 0.25) is 0 Å². The quantitative estimate of drug-likeness (QED) is 0.801. The van der Waals surface area contributed by atoms with E-state index in [2.05, 4.69) is 17.4 Å². The lowest BCUT2D eigenvalue weighted by Gasteiger charge is -2.24. The summed E-state index contributed by atoms with van der Waals surface area (Å²) >= 11 is 6.04. The van der Waals surface area contributed by atoms with Crippen molar-refractivity contribution in [3.63, 3.8) is 0 Å². The first kappa shape index (κ1) is 18.1. The van der Waals surface area contributed by atoms with Crippen LogP contribution in [0.4, 0.5) is 5.69 Å². The molecule has 2 aliphatic rings. The van der Waals surface area contributed by atoms with E-state index in [-0.39, 0.29) is 18.0 Å². The monoisotopic (exact) mass is 381 g/mol. The summed E-state index contributed by atoms with van der Waals surface area (Å²) in [5.74, 6) is -0.0284. The summed E-state index contributed by atoms with van der Waals surface area (Å²) in [6.45, 7) is 0. The first-order chi connectivity index (χ1) is 13.2. The lowest BCUT2D eigenvalue weighted by atomic mass is 9.95. The Kier molecular flexibility index (Phi) is 5.44. The number of amides is 1. The Morgan fingerprint density at radius 3 is 2.41 bits per heavy atom. The number of rotatable bonds is 4. The number of halogens is 1. The highest BCUT2D eigenvalue weighted by atomic mass is 35.5. The van der Waals surface area contributed by atoms with Gasteiger partial charge < -0.3 is 5.32 Å². The molecule has 1 N–H and O–H groups in total. The number of carbonyl (C=O) groups is 1. The average molecular weight is 382 g/mol. The molecule has 1 fully saturated rings. The van der Waals surface area contributed by atoms with E-state index in [0.29, 0.717) is 17.2 Å². The third kappa shape index (κ3) is 4.16. The van der Waals surface area contributed by atoms with Crippen molar-refractivity contribution in [1.82, 2.24) is 5.32 Å². The predicted molar refractivity (Wildman–Crippen MR) is 110 cm³/mol. The fourth-order valence-electron chi connectivity index (χ4n) is 3.93.